The SMILES string of the molecule is CC(=O)c1ccc(-c2ccc(C(=O)N3CCC(C)CC3C(=O)O)o2)cc1. The van der Waals surface area contributed by atoms with Gasteiger partial charge in [-0.25, -0.2) is 4.79 Å². The number of carboxylic acids is 1. The number of carboxylic acid groups (broad SMARTS) is 1. The van der Waals surface area contributed by atoms with E-state index in [9.17, 15) is 19.5 Å². The molecule has 26 heavy (non-hydrogen) atoms. The maximum absolute atomic E-state index is 12.7. The van der Waals surface area contributed by atoms with Crippen LogP contribution in [0.4, 0.5) is 0 Å². The van der Waals surface area contributed by atoms with Crippen LogP contribution in [0.2, 0.25) is 0 Å². The lowest BCUT2D eigenvalue weighted by atomic mass is 9.92. The Labute approximate surface area is 151 Å². The molecule has 6 nitrogen and oxygen atoms in total. The van der Waals surface area contributed by atoms with E-state index in [1.54, 1.807) is 36.4 Å². The lowest BCUT2D eigenvalue weighted by molar-refractivity contribution is -0.144. The fourth-order valence-electron chi connectivity index (χ4n) is 3.24. The van der Waals surface area contributed by atoms with Crippen molar-refractivity contribution in [1.29, 1.82) is 0 Å². The van der Waals surface area contributed by atoms with Crippen molar-refractivity contribution in [3.63, 3.8) is 0 Å². The monoisotopic (exact) mass is 355 g/mol. The average Bonchev–Trinajstić information content (AvgIpc) is 3.11. The Morgan fingerprint density at radius 2 is 1.81 bits per heavy atom. The zero-order valence-corrected chi connectivity index (χ0v) is 14.8. The number of carbonyl (C=O) groups excluding carboxylic acids is 2. The van der Waals surface area contributed by atoms with Gasteiger partial charge in [0.05, 0.1) is 0 Å². The number of Topliss-reactive ketones (excluding diaryl/α,β-unsaturated/α-hetero) is 1. The zero-order chi connectivity index (χ0) is 18.8. The second-order valence-corrected chi connectivity index (χ2v) is 6.78. The minimum Gasteiger partial charge on any atom is -0.480 e. The molecule has 6 heteroatoms. The number of rotatable bonds is 4. The normalized spacial score (nSPS) is 20.0. The molecule has 0 bridgehead atoms. The quantitative estimate of drug-likeness (QED) is 0.849. The van der Waals surface area contributed by atoms with Gasteiger partial charge < -0.3 is 14.4 Å². The number of amides is 1. The van der Waals surface area contributed by atoms with Crippen LogP contribution in [-0.4, -0.2) is 40.3 Å². The van der Waals surface area contributed by atoms with E-state index in [1.165, 1.54) is 11.8 Å². The van der Waals surface area contributed by atoms with Crippen LogP contribution < -0.4 is 0 Å². The number of likely N-dealkylation sites (tertiary alicyclic amines) is 1. The molecule has 1 aliphatic rings. The molecule has 1 aromatic heterocycles. The van der Waals surface area contributed by atoms with Gasteiger partial charge in [0.15, 0.2) is 11.5 Å². The first-order valence-electron chi connectivity index (χ1n) is 8.62. The van der Waals surface area contributed by atoms with Crippen LogP contribution in [0, 0.1) is 5.92 Å². The van der Waals surface area contributed by atoms with Crippen LogP contribution in [0.25, 0.3) is 11.3 Å². The predicted octanol–water partition coefficient (Wildman–Crippen LogP) is 3.47. The van der Waals surface area contributed by atoms with Crippen molar-refractivity contribution in [3.05, 3.63) is 47.7 Å². The molecule has 2 unspecified atom stereocenters. The number of benzene rings is 1. The Bertz CT molecular complexity index is 836. The molecule has 2 aromatic rings. The topological polar surface area (TPSA) is 87.8 Å². The third-order valence-corrected chi connectivity index (χ3v) is 4.80. The van der Waals surface area contributed by atoms with E-state index in [1.807, 2.05) is 6.92 Å². The minimum atomic E-state index is -0.989. The molecule has 0 saturated carbocycles. The highest BCUT2D eigenvalue weighted by Gasteiger charge is 2.36. The van der Waals surface area contributed by atoms with Crippen LogP contribution >= 0.6 is 0 Å². The summed E-state index contributed by atoms with van der Waals surface area (Å²) in [4.78, 5) is 37.0. The van der Waals surface area contributed by atoms with Crippen molar-refractivity contribution >= 4 is 17.7 Å². The maximum atomic E-state index is 12.7. The number of hydrogen-bond donors (Lipinski definition) is 1. The Hall–Kier alpha value is -2.89. The summed E-state index contributed by atoms with van der Waals surface area (Å²) < 4.78 is 5.67. The molecule has 1 fully saturated rings. The third kappa shape index (κ3) is 3.54. The first-order chi connectivity index (χ1) is 12.4. The number of furan rings is 1. The average molecular weight is 355 g/mol. The van der Waals surface area contributed by atoms with Crippen LogP contribution in [0.1, 0.15) is 47.6 Å². The molecule has 136 valence electrons. The van der Waals surface area contributed by atoms with Gasteiger partial charge in [0.2, 0.25) is 0 Å². The van der Waals surface area contributed by atoms with Crippen molar-refractivity contribution in [2.45, 2.75) is 32.7 Å². The van der Waals surface area contributed by atoms with Gasteiger partial charge in [0, 0.05) is 17.7 Å². The van der Waals surface area contributed by atoms with Crippen molar-refractivity contribution in [2.75, 3.05) is 6.54 Å². The van der Waals surface area contributed by atoms with Crippen molar-refractivity contribution < 1.29 is 23.9 Å². The summed E-state index contributed by atoms with van der Waals surface area (Å²) in [5, 5.41) is 9.42. The van der Waals surface area contributed by atoms with Crippen LogP contribution in [0.15, 0.2) is 40.8 Å². The Balaban J connectivity index is 1.81. The lowest BCUT2D eigenvalue weighted by Crippen LogP contribution is -2.49. The van der Waals surface area contributed by atoms with E-state index in [0.29, 0.717) is 24.3 Å². The summed E-state index contributed by atoms with van der Waals surface area (Å²) >= 11 is 0. The molecule has 2 atom stereocenters. The highest BCUT2D eigenvalue weighted by molar-refractivity contribution is 5.95. The largest absolute Gasteiger partial charge is 0.480 e. The summed E-state index contributed by atoms with van der Waals surface area (Å²) in [5.74, 6) is -0.525. The van der Waals surface area contributed by atoms with Gasteiger partial charge in [-0.15, -0.1) is 0 Å². The summed E-state index contributed by atoms with van der Waals surface area (Å²) in [6.07, 6.45) is 1.22. The van der Waals surface area contributed by atoms with Gasteiger partial charge in [-0.3, -0.25) is 9.59 Å². The number of carbonyl (C=O) groups is 3. The van der Waals surface area contributed by atoms with Gasteiger partial charge in [0.25, 0.3) is 5.91 Å². The fraction of sp³-hybridized carbons (Fsp3) is 0.350. The van der Waals surface area contributed by atoms with Crippen molar-refractivity contribution in [2.24, 2.45) is 5.92 Å². The Morgan fingerprint density at radius 3 is 2.42 bits per heavy atom. The molecule has 0 spiro atoms. The van der Waals surface area contributed by atoms with Gasteiger partial charge >= 0.3 is 5.97 Å². The van der Waals surface area contributed by atoms with Gasteiger partial charge in [-0.1, -0.05) is 31.2 Å². The molecule has 1 aliphatic heterocycles. The van der Waals surface area contributed by atoms with E-state index in [-0.39, 0.29) is 17.5 Å². The lowest BCUT2D eigenvalue weighted by Gasteiger charge is -2.35. The number of hydrogen-bond acceptors (Lipinski definition) is 4. The third-order valence-electron chi connectivity index (χ3n) is 4.80. The summed E-state index contributed by atoms with van der Waals surface area (Å²) in [5.41, 5.74) is 1.35. The van der Waals surface area contributed by atoms with E-state index in [0.717, 1.165) is 12.0 Å². The van der Waals surface area contributed by atoms with Crippen molar-refractivity contribution in [3.8, 4) is 11.3 Å². The summed E-state index contributed by atoms with van der Waals surface area (Å²) in [6, 6.07) is 9.34. The highest BCUT2D eigenvalue weighted by Crippen LogP contribution is 2.27. The van der Waals surface area contributed by atoms with E-state index >= 15 is 0 Å². The van der Waals surface area contributed by atoms with Gasteiger partial charge in [-0.05, 0) is 37.8 Å². The highest BCUT2D eigenvalue weighted by atomic mass is 16.4. The van der Waals surface area contributed by atoms with E-state index in [4.69, 9.17) is 4.42 Å². The number of aliphatic carboxylic acids is 1. The number of piperidine rings is 1. The number of nitrogens with zero attached hydrogens (tertiary/aromatic N) is 1. The first-order valence-corrected chi connectivity index (χ1v) is 8.62. The molecule has 1 aromatic carbocycles. The standard InChI is InChI=1S/C20H21NO5/c1-12-9-10-21(16(11-12)20(24)25)19(23)18-8-7-17(26-18)15-5-3-14(4-6-15)13(2)22/h3-8,12,16H,9-11H2,1-2H3,(H,24,25). The molecule has 3 rings (SSSR count). The fourth-order valence-corrected chi connectivity index (χ4v) is 3.24. The molecule has 0 aliphatic carbocycles. The van der Waals surface area contributed by atoms with E-state index in [2.05, 4.69) is 0 Å². The maximum Gasteiger partial charge on any atom is 0.326 e. The smallest absolute Gasteiger partial charge is 0.326 e. The summed E-state index contributed by atoms with van der Waals surface area (Å²) in [6.45, 7) is 3.89. The second-order valence-electron chi connectivity index (χ2n) is 6.78. The molecule has 2 heterocycles. The molecule has 1 N–H and O–H groups in total. The van der Waals surface area contributed by atoms with Crippen LogP contribution in [0.3, 0.4) is 0 Å². The second kappa shape index (κ2) is 7.15. The van der Waals surface area contributed by atoms with E-state index < -0.39 is 17.9 Å². The van der Waals surface area contributed by atoms with Crippen molar-refractivity contribution in [1.82, 2.24) is 4.90 Å². The van der Waals surface area contributed by atoms with Gasteiger partial charge in [-0.2, -0.15) is 0 Å². The Morgan fingerprint density at radius 1 is 1.12 bits per heavy atom. The molecular formula is C20H21NO5. The molecule has 1 saturated heterocycles. The van der Waals surface area contributed by atoms with Crippen LogP contribution in [-0.2, 0) is 4.79 Å². The van der Waals surface area contributed by atoms with Gasteiger partial charge in [0.1, 0.15) is 11.8 Å². The predicted molar refractivity (Wildman–Crippen MR) is 95.0 cm³/mol. The molecular weight excluding hydrogens is 334 g/mol. The number of ketones is 1. The minimum absolute atomic E-state index is 0.0223. The Kier molecular flexibility index (Phi) is 4.93. The molecule has 1 amide bonds. The zero-order valence-electron chi connectivity index (χ0n) is 14.8. The molecule has 0 radical (unpaired) electrons. The van der Waals surface area contributed by atoms with Crippen LogP contribution in [0.5, 0.6) is 0 Å². The first kappa shape index (κ1) is 17.9. The summed E-state index contributed by atoms with van der Waals surface area (Å²) in [7, 11) is 0.